The zero-order valence-electron chi connectivity index (χ0n) is 11.3. The molecule has 0 radical (unpaired) electrons. The van der Waals surface area contributed by atoms with Gasteiger partial charge in [-0.1, -0.05) is 0 Å². The zero-order valence-corrected chi connectivity index (χ0v) is 12.1. The molecule has 2 saturated heterocycles. The fourth-order valence-electron chi connectivity index (χ4n) is 3.14. The van der Waals surface area contributed by atoms with Gasteiger partial charge < -0.3 is 15.8 Å². The zero-order chi connectivity index (χ0) is 14.5. The molecule has 2 heterocycles. The van der Waals surface area contributed by atoms with Crippen molar-refractivity contribution >= 4 is 21.4 Å². The molecule has 3 rings (SSSR count). The molecular weight excluding hydrogens is 278 g/mol. The first-order valence-electron chi connectivity index (χ1n) is 6.69. The number of sulfonamides is 1. The number of benzene rings is 1. The SMILES string of the molecule is Cc1c(NC2CC3CCC2O3)cc(N)cc1S(N)(=O)=O. The summed E-state index contributed by atoms with van der Waals surface area (Å²) in [6.45, 7) is 1.73. The van der Waals surface area contributed by atoms with E-state index in [-0.39, 0.29) is 17.0 Å². The van der Waals surface area contributed by atoms with Gasteiger partial charge >= 0.3 is 0 Å². The summed E-state index contributed by atoms with van der Waals surface area (Å²) in [5.74, 6) is 0. The summed E-state index contributed by atoms with van der Waals surface area (Å²) in [4.78, 5) is 0.0732. The minimum absolute atomic E-state index is 0.0732. The number of nitrogen functional groups attached to an aromatic ring is 1. The topological polar surface area (TPSA) is 107 Å². The molecule has 6 nitrogen and oxygen atoms in total. The summed E-state index contributed by atoms with van der Waals surface area (Å²) in [5.41, 5.74) is 7.48. The van der Waals surface area contributed by atoms with Crippen LogP contribution in [-0.2, 0) is 14.8 Å². The molecule has 0 spiro atoms. The van der Waals surface area contributed by atoms with Crippen molar-refractivity contribution in [1.29, 1.82) is 0 Å². The Morgan fingerprint density at radius 2 is 2.10 bits per heavy atom. The first-order chi connectivity index (χ1) is 9.34. The Kier molecular flexibility index (Phi) is 3.15. The van der Waals surface area contributed by atoms with Crippen molar-refractivity contribution < 1.29 is 13.2 Å². The smallest absolute Gasteiger partial charge is 0.238 e. The minimum Gasteiger partial charge on any atom is -0.399 e. The van der Waals surface area contributed by atoms with Crippen molar-refractivity contribution in [1.82, 2.24) is 0 Å². The van der Waals surface area contributed by atoms with Gasteiger partial charge in [0.15, 0.2) is 0 Å². The van der Waals surface area contributed by atoms with E-state index in [0.29, 0.717) is 17.4 Å². The number of nitrogens with two attached hydrogens (primary N) is 2. The summed E-state index contributed by atoms with van der Waals surface area (Å²) in [6, 6.07) is 3.35. The third-order valence-electron chi connectivity index (χ3n) is 4.14. The third-order valence-corrected chi connectivity index (χ3v) is 5.17. The Labute approximate surface area is 118 Å². The highest BCUT2D eigenvalue weighted by Gasteiger charge is 2.40. The van der Waals surface area contributed by atoms with Crippen LogP contribution in [0, 0.1) is 6.92 Å². The molecule has 0 aromatic heterocycles. The molecule has 1 aromatic rings. The Morgan fingerprint density at radius 1 is 1.35 bits per heavy atom. The molecule has 20 heavy (non-hydrogen) atoms. The second kappa shape index (κ2) is 4.61. The highest BCUT2D eigenvalue weighted by atomic mass is 32.2. The van der Waals surface area contributed by atoms with Crippen LogP contribution < -0.4 is 16.2 Å². The summed E-state index contributed by atoms with van der Waals surface area (Å²) >= 11 is 0. The quantitative estimate of drug-likeness (QED) is 0.720. The van der Waals surface area contributed by atoms with Gasteiger partial charge in [0.2, 0.25) is 10.0 Å². The van der Waals surface area contributed by atoms with Crippen molar-refractivity contribution in [3.8, 4) is 0 Å². The predicted octanol–water partition coefficient (Wildman–Crippen LogP) is 0.956. The van der Waals surface area contributed by atoms with Crippen LogP contribution >= 0.6 is 0 Å². The van der Waals surface area contributed by atoms with Crippen molar-refractivity contribution in [2.45, 2.75) is 49.3 Å². The van der Waals surface area contributed by atoms with E-state index in [9.17, 15) is 8.42 Å². The first kappa shape index (κ1) is 13.7. The molecule has 0 amide bonds. The molecule has 2 fully saturated rings. The Bertz CT molecular complexity index is 645. The molecular formula is C13H19N3O3S. The second-order valence-corrected chi connectivity index (χ2v) is 7.13. The molecule has 2 aliphatic rings. The van der Waals surface area contributed by atoms with Gasteiger partial charge in [0.25, 0.3) is 0 Å². The molecule has 2 bridgehead atoms. The molecule has 3 unspecified atom stereocenters. The Balaban J connectivity index is 1.92. The third kappa shape index (κ3) is 2.36. The highest BCUT2D eigenvalue weighted by molar-refractivity contribution is 7.89. The molecule has 2 aliphatic heterocycles. The van der Waals surface area contributed by atoms with Crippen LogP contribution in [-0.4, -0.2) is 26.7 Å². The van der Waals surface area contributed by atoms with Gasteiger partial charge in [0.1, 0.15) is 0 Å². The number of hydrogen-bond acceptors (Lipinski definition) is 5. The maximum atomic E-state index is 11.6. The van der Waals surface area contributed by atoms with Crippen LogP contribution in [0.5, 0.6) is 0 Å². The van der Waals surface area contributed by atoms with Gasteiger partial charge in [-0.15, -0.1) is 0 Å². The van der Waals surface area contributed by atoms with E-state index in [2.05, 4.69) is 5.32 Å². The molecule has 5 N–H and O–H groups in total. The largest absolute Gasteiger partial charge is 0.399 e. The number of nitrogens with one attached hydrogen (secondary N) is 1. The van der Waals surface area contributed by atoms with Gasteiger partial charge in [0.05, 0.1) is 23.1 Å². The molecule has 7 heteroatoms. The van der Waals surface area contributed by atoms with Crippen molar-refractivity contribution in [3.05, 3.63) is 17.7 Å². The van der Waals surface area contributed by atoms with E-state index < -0.39 is 10.0 Å². The fourth-order valence-corrected chi connectivity index (χ4v) is 3.98. The van der Waals surface area contributed by atoms with E-state index in [1.807, 2.05) is 0 Å². The van der Waals surface area contributed by atoms with E-state index in [1.54, 1.807) is 13.0 Å². The summed E-state index contributed by atoms with van der Waals surface area (Å²) < 4.78 is 29.0. The van der Waals surface area contributed by atoms with Gasteiger partial charge in [-0.2, -0.15) is 0 Å². The van der Waals surface area contributed by atoms with E-state index in [1.165, 1.54) is 6.07 Å². The van der Waals surface area contributed by atoms with Crippen LogP contribution in [0.1, 0.15) is 24.8 Å². The molecule has 0 saturated carbocycles. The van der Waals surface area contributed by atoms with Crippen molar-refractivity contribution in [2.24, 2.45) is 5.14 Å². The van der Waals surface area contributed by atoms with Gasteiger partial charge in [-0.05, 0) is 43.9 Å². The Morgan fingerprint density at radius 3 is 2.65 bits per heavy atom. The van der Waals surface area contributed by atoms with Crippen molar-refractivity contribution in [3.63, 3.8) is 0 Å². The fraction of sp³-hybridized carbons (Fsp3) is 0.538. The monoisotopic (exact) mass is 297 g/mol. The second-order valence-electron chi connectivity index (χ2n) is 5.60. The molecule has 110 valence electrons. The van der Waals surface area contributed by atoms with Crippen LogP contribution in [0.3, 0.4) is 0 Å². The lowest BCUT2D eigenvalue weighted by atomic mass is 9.95. The Hall–Kier alpha value is -1.31. The van der Waals surface area contributed by atoms with Crippen LogP contribution in [0.4, 0.5) is 11.4 Å². The lowest BCUT2D eigenvalue weighted by Crippen LogP contribution is -2.31. The maximum Gasteiger partial charge on any atom is 0.238 e. The van der Waals surface area contributed by atoms with Crippen molar-refractivity contribution in [2.75, 3.05) is 11.1 Å². The summed E-state index contributed by atoms with van der Waals surface area (Å²) in [5, 5.41) is 8.60. The standard InChI is InChI=1S/C13H19N3O3S/c1-7-10(4-8(14)5-13(7)20(15,17)18)16-11-6-9-2-3-12(11)19-9/h4-5,9,11-12,16H,2-3,6,14H2,1H3,(H2,15,17,18). The first-order valence-corrected chi connectivity index (χ1v) is 8.24. The lowest BCUT2D eigenvalue weighted by Gasteiger charge is -2.23. The molecule has 0 aliphatic carbocycles. The van der Waals surface area contributed by atoms with E-state index >= 15 is 0 Å². The number of primary sulfonamides is 1. The molecule has 1 aromatic carbocycles. The summed E-state index contributed by atoms with van der Waals surface area (Å²) in [6.07, 6.45) is 3.65. The lowest BCUT2D eigenvalue weighted by molar-refractivity contribution is 0.102. The molecule has 3 atom stereocenters. The van der Waals surface area contributed by atoms with Gasteiger partial charge in [0, 0.05) is 11.4 Å². The number of ether oxygens (including phenoxy) is 1. The number of rotatable bonds is 3. The summed E-state index contributed by atoms with van der Waals surface area (Å²) in [7, 11) is -3.77. The number of anilines is 2. The van der Waals surface area contributed by atoms with Gasteiger partial charge in [-0.3, -0.25) is 0 Å². The van der Waals surface area contributed by atoms with Gasteiger partial charge in [-0.25, -0.2) is 13.6 Å². The maximum absolute atomic E-state index is 11.6. The van der Waals surface area contributed by atoms with Crippen LogP contribution in [0.2, 0.25) is 0 Å². The van der Waals surface area contributed by atoms with Crippen LogP contribution in [0.25, 0.3) is 0 Å². The average molecular weight is 297 g/mol. The predicted molar refractivity (Wildman–Crippen MR) is 76.9 cm³/mol. The highest BCUT2D eigenvalue weighted by Crippen LogP contribution is 2.37. The number of fused-ring (bicyclic) bond motifs is 2. The number of hydrogen-bond donors (Lipinski definition) is 3. The minimum atomic E-state index is -3.77. The average Bonchev–Trinajstić information content (AvgIpc) is 2.94. The van der Waals surface area contributed by atoms with E-state index in [0.717, 1.165) is 24.9 Å². The normalized spacial score (nSPS) is 28.8. The van der Waals surface area contributed by atoms with E-state index in [4.69, 9.17) is 15.6 Å². The van der Waals surface area contributed by atoms with Crippen LogP contribution in [0.15, 0.2) is 17.0 Å².